The van der Waals surface area contributed by atoms with Gasteiger partial charge in [0.1, 0.15) is 6.61 Å². The first kappa shape index (κ1) is 21.7. The average molecular weight is 456 g/mol. The van der Waals surface area contributed by atoms with E-state index in [-0.39, 0.29) is 25.0 Å². The standard InChI is InChI=1S/C27H24N2O5/c30-25(29-13-12-18(15-29)26(31)32)17-6-5-7-19(14-17)28-27(33)34-16-24-22-10-3-1-8-20(22)21-9-2-4-11-23(21)24/h1-11,14,18,24H,12-13,15-16H2,(H,28,33)(H,31,32). The second-order valence-corrected chi connectivity index (χ2v) is 8.61. The van der Waals surface area contributed by atoms with Crippen LogP contribution >= 0.6 is 0 Å². The Labute approximate surface area is 197 Å². The summed E-state index contributed by atoms with van der Waals surface area (Å²) in [5.74, 6) is -1.71. The van der Waals surface area contributed by atoms with E-state index in [9.17, 15) is 14.4 Å². The predicted molar refractivity (Wildman–Crippen MR) is 127 cm³/mol. The Kier molecular flexibility index (Phi) is 5.76. The molecule has 0 spiro atoms. The third-order valence-electron chi connectivity index (χ3n) is 6.52. The van der Waals surface area contributed by atoms with Crippen LogP contribution in [-0.4, -0.2) is 47.7 Å². The van der Waals surface area contributed by atoms with Crippen LogP contribution < -0.4 is 5.32 Å². The van der Waals surface area contributed by atoms with E-state index in [0.717, 1.165) is 22.3 Å². The summed E-state index contributed by atoms with van der Waals surface area (Å²) in [7, 11) is 0. The van der Waals surface area contributed by atoms with Gasteiger partial charge < -0.3 is 14.7 Å². The lowest BCUT2D eigenvalue weighted by Gasteiger charge is -2.17. The maximum Gasteiger partial charge on any atom is 0.411 e. The number of rotatable bonds is 5. The summed E-state index contributed by atoms with van der Waals surface area (Å²) in [6, 6.07) is 22.8. The number of hydrogen-bond acceptors (Lipinski definition) is 4. The molecule has 1 heterocycles. The molecule has 0 saturated carbocycles. The second-order valence-electron chi connectivity index (χ2n) is 8.61. The van der Waals surface area contributed by atoms with Crippen molar-refractivity contribution in [1.29, 1.82) is 0 Å². The maximum absolute atomic E-state index is 12.8. The van der Waals surface area contributed by atoms with Gasteiger partial charge >= 0.3 is 12.1 Å². The monoisotopic (exact) mass is 456 g/mol. The summed E-state index contributed by atoms with van der Waals surface area (Å²) in [6.07, 6.45) is -0.155. The van der Waals surface area contributed by atoms with Gasteiger partial charge in [0.15, 0.2) is 0 Å². The highest BCUT2D eigenvalue weighted by Gasteiger charge is 2.31. The van der Waals surface area contributed by atoms with E-state index < -0.39 is 18.0 Å². The summed E-state index contributed by atoms with van der Waals surface area (Å²) in [5.41, 5.74) is 5.42. The van der Waals surface area contributed by atoms with Crippen LogP contribution in [0.5, 0.6) is 0 Å². The highest BCUT2D eigenvalue weighted by Crippen LogP contribution is 2.44. The van der Waals surface area contributed by atoms with Crippen molar-refractivity contribution in [2.75, 3.05) is 25.0 Å². The largest absolute Gasteiger partial charge is 0.481 e. The molecule has 7 nitrogen and oxygen atoms in total. The van der Waals surface area contributed by atoms with Crippen molar-refractivity contribution in [2.24, 2.45) is 5.92 Å². The minimum atomic E-state index is -0.888. The van der Waals surface area contributed by atoms with E-state index in [0.29, 0.717) is 24.2 Å². The third-order valence-corrected chi connectivity index (χ3v) is 6.52. The lowest BCUT2D eigenvalue weighted by molar-refractivity contribution is -0.141. The molecule has 1 atom stereocenters. The van der Waals surface area contributed by atoms with Gasteiger partial charge in [-0.2, -0.15) is 0 Å². The molecule has 7 heteroatoms. The Morgan fingerprint density at radius 1 is 0.941 bits per heavy atom. The van der Waals surface area contributed by atoms with E-state index in [4.69, 9.17) is 9.84 Å². The zero-order chi connectivity index (χ0) is 23.7. The fourth-order valence-electron chi connectivity index (χ4n) is 4.81. The number of benzene rings is 3. The molecule has 2 N–H and O–H groups in total. The van der Waals surface area contributed by atoms with Crippen molar-refractivity contribution in [3.8, 4) is 11.1 Å². The van der Waals surface area contributed by atoms with Gasteiger partial charge in [0.05, 0.1) is 5.92 Å². The summed E-state index contributed by atoms with van der Waals surface area (Å²) in [4.78, 5) is 38.0. The number of carbonyl (C=O) groups is 3. The number of nitrogens with one attached hydrogen (secondary N) is 1. The SMILES string of the molecule is O=C(Nc1cccc(C(=O)N2CCC(C(=O)O)C2)c1)OCC1c2ccccc2-c2ccccc21. The Bertz CT molecular complexity index is 1230. The van der Waals surface area contributed by atoms with Crippen LogP contribution in [0.1, 0.15) is 33.8 Å². The number of likely N-dealkylation sites (tertiary alicyclic amines) is 1. The second kappa shape index (κ2) is 9.02. The molecular weight excluding hydrogens is 432 g/mol. The Morgan fingerprint density at radius 2 is 1.62 bits per heavy atom. The summed E-state index contributed by atoms with van der Waals surface area (Å²) >= 11 is 0. The smallest absolute Gasteiger partial charge is 0.411 e. The van der Waals surface area contributed by atoms with Crippen LogP contribution in [0, 0.1) is 5.92 Å². The van der Waals surface area contributed by atoms with E-state index in [2.05, 4.69) is 29.6 Å². The van der Waals surface area contributed by atoms with Gasteiger partial charge in [-0.3, -0.25) is 14.9 Å². The molecule has 0 aromatic heterocycles. The Morgan fingerprint density at radius 3 is 2.26 bits per heavy atom. The number of hydrogen-bond donors (Lipinski definition) is 2. The van der Waals surface area contributed by atoms with E-state index in [1.807, 2.05) is 24.3 Å². The van der Waals surface area contributed by atoms with Gasteiger partial charge in [0, 0.05) is 30.3 Å². The Hall–Kier alpha value is -4.13. The molecule has 2 amide bonds. The zero-order valence-corrected chi connectivity index (χ0v) is 18.4. The molecule has 0 bridgehead atoms. The van der Waals surface area contributed by atoms with Gasteiger partial charge in [-0.15, -0.1) is 0 Å². The van der Waals surface area contributed by atoms with Crippen LogP contribution in [0.15, 0.2) is 72.8 Å². The molecule has 1 saturated heterocycles. The average Bonchev–Trinajstić information content (AvgIpc) is 3.46. The topological polar surface area (TPSA) is 95.9 Å². The molecule has 3 aromatic rings. The molecule has 3 aromatic carbocycles. The molecule has 172 valence electrons. The number of amides is 2. The van der Waals surface area contributed by atoms with Crippen molar-refractivity contribution < 1.29 is 24.2 Å². The van der Waals surface area contributed by atoms with Gasteiger partial charge in [0.2, 0.25) is 0 Å². The van der Waals surface area contributed by atoms with Crippen molar-refractivity contribution in [1.82, 2.24) is 4.90 Å². The quantitative estimate of drug-likeness (QED) is 0.585. The van der Waals surface area contributed by atoms with Crippen molar-refractivity contribution in [3.63, 3.8) is 0 Å². The predicted octanol–water partition coefficient (Wildman–Crippen LogP) is 4.59. The number of carbonyl (C=O) groups excluding carboxylic acids is 2. The number of anilines is 1. The molecular formula is C27H24N2O5. The minimum absolute atomic E-state index is 0.0385. The van der Waals surface area contributed by atoms with Gasteiger partial charge in [0.25, 0.3) is 5.91 Å². The normalized spacial score (nSPS) is 16.6. The lowest BCUT2D eigenvalue weighted by Crippen LogP contribution is -2.30. The zero-order valence-electron chi connectivity index (χ0n) is 18.4. The highest BCUT2D eigenvalue weighted by molar-refractivity contribution is 5.96. The van der Waals surface area contributed by atoms with Crippen LogP contribution in [0.4, 0.5) is 10.5 Å². The molecule has 2 aliphatic rings. The Balaban J connectivity index is 1.23. The molecule has 5 rings (SSSR count). The summed E-state index contributed by atoms with van der Waals surface area (Å²) < 4.78 is 5.57. The van der Waals surface area contributed by atoms with Gasteiger partial charge in [-0.25, -0.2) is 4.79 Å². The number of carboxylic acid groups (broad SMARTS) is 1. The fraction of sp³-hybridized carbons (Fsp3) is 0.222. The lowest BCUT2D eigenvalue weighted by atomic mass is 9.98. The minimum Gasteiger partial charge on any atom is -0.481 e. The van der Waals surface area contributed by atoms with E-state index in [1.165, 1.54) is 4.90 Å². The van der Waals surface area contributed by atoms with Crippen LogP contribution in [-0.2, 0) is 9.53 Å². The fourth-order valence-corrected chi connectivity index (χ4v) is 4.81. The first-order valence-electron chi connectivity index (χ1n) is 11.3. The van der Waals surface area contributed by atoms with Crippen LogP contribution in [0.3, 0.4) is 0 Å². The molecule has 1 aliphatic heterocycles. The number of fused-ring (bicyclic) bond motifs is 3. The molecule has 1 unspecified atom stereocenters. The molecule has 1 fully saturated rings. The molecule has 1 aliphatic carbocycles. The maximum atomic E-state index is 12.8. The van der Waals surface area contributed by atoms with Crippen molar-refractivity contribution in [3.05, 3.63) is 89.5 Å². The number of carboxylic acids is 1. The van der Waals surface area contributed by atoms with Gasteiger partial charge in [-0.05, 0) is 46.9 Å². The highest BCUT2D eigenvalue weighted by atomic mass is 16.5. The third kappa shape index (κ3) is 4.12. The number of nitrogens with zero attached hydrogens (tertiary/aromatic N) is 1. The van der Waals surface area contributed by atoms with E-state index in [1.54, 1.807) is 24.3 Å². The van der Waals surface area contributed by atoms with Crippen LogP contribution in [0.25, 0.3) is 11.1 Å². The van der Waals surface area contributed by atoms with Crippen molar-refractivity contribution >= 4 is 23.7 Å². The summed E-state index contributed by atoms with van der Waals surface area (Å²) in [5, 5.41) is 11.9. The molecule has 0 radical (unpaired) electrons. The van der Waals surface area contributed by atoms with Gasteiger partial charge in [-0.1, -0.05) is 54.6 Å². The first-order chi connectivity index (χ1) is 16.5. The molecule has 34 heavy (non-hydrogen) atoms. The first-order valence-corrected chi connectivity index (χ1v) is 11.3. The van der Waals surface area contributed by atoms with Crippen LogP contribution in [0.2, 0.25) is 0 Å². The van der Waals surface area contributed by atoms with E-state index >= 15 is 0 Å². The number of ether oxygens (including phenoxy) is 1. The number of aliphatic carboxylic acids is 1. The van der Waals surface area contributed by atoms with Crippen molar-refractivity contribution in [2.45, 2.75) is 12.3 Å². The summed E-state index contributed by atoms with van der Waals surface area (Å²) in [6.45, 7) is 0.793.